The molecule has 0 saturated heterocycles. The Bertz CT molecular complexity index is 656. The number of carbonyl (C=O) groups excluding carboxylic acids is 1. The molecule has 2 aromatic carbocycles. The fraction of sp³-hybridized carbons (Fsp3) is 0.188. The third-order valence-corrected chi connectivity index (χ3v) is 2.85. The smallest absolute Gasteiger partial charge is 0.221 e. The normalized spacial score (nSPS) is 11.8. The Hall–Kier alpha value is -2.40. The lowest BCUT2D eigenvalue weighted by Crippen LogP contribution is -2.07. The third kappa shape index (κ3) is 3.58. The Balaban J connectivity index is 2.39. The number of benzene rings is 2. The Labute approximate surface area is 122 Å². The molecular formula is C16H16FNO3. The molecule has 0 radical (unpaired) electrons. The van der Waals surface area contributed by atoms with E-state index >= 15 is 0 Å². The van der Waals surface area contributed by atoms with Gasteiger partial charge in [0, 0.05) is 6.92 Å². The van der Waals surface area contributed by atoms with Crippen molar-refractivity contribution in [3.05, 3.63) is 53.8 Å². The zero-order valence-corrected chi connectivity index (χ0v) is 11.8. The van der Waals surface area contributed by atoms with Gasteiger partial charge in [0.25, 0.3) is 0 Å². The number of anilines is 1. The van der Waals surface area contributed by atoms with Crippen LogP contribution < -0.4 is 10.1 Å². The van der Waals surface area contributed by atoms with Crippen LogP contribution in [0.15, 0.2) is 42.5 Å². The maximum atomic E-state index is 13.8. The highest BCUT2D eigenvalue weighted by molar-refractivity contribution is 5.90. The Kier molecular flexibility index (Phi) is 4.55. The quantitative estimate of drug-likeness (QED) is 0.903. The molecule has 0 aliphatic rings. The first-order valence-electron chi connectivity index (χ1n) is 6.50. The predicted octanol–water partition coefficient (Wildman–Crippen LogP) is 3.63. The molecule has 0 aliphatic heterocycles. The fourth-order valence-corrected chi connectivity index (χ4v) is 1.98. The van der Waals surface area contributed by atoms with Gasteiger partial charge < -0.3 is 15.2 Å². The number of nitrogens with one attached hydrogen (secondary N) is 1. The highest BCUT2D eigenvalue weighted by atomic mass is 19.1. The summed E-state index contributed by atoms with van der Waals surface area (Å²) in [4.78, 5) is 11.2. The number of halogens is 1. The Morgan fingerprint density at radius 3 is 2.52 bits per heavy atom. The molecule has 4 nitrogen and oxygen atoms in total. The number of aliphatic hydroxyl groups excluding tert-OH is 1. The minimum atomic E-state index is -1.01. The summed E-state index contributed by atoms with van der Waals surface area (Å²) < 4.78 is 19.5. The summed E-state index contributed by atoms with van der Waals surface area (Å²) in [7, 11) is 0. The maximum absolute atomic E-state index is 13.8. The molecule has 0 fully saturated rings. The van der Waals surface area contributed by atoms with E-state index in [0.29, 0.717) is 11.4 Å². The summed E-state index contributed by atoms with van der Waals surface area (Å²) in [5.41, 5.74) is 0.556. The van der Waals surface area contributed by atoms with Crippen LogP contribution in [0.3, 0.4) is 0 Å². The van der Waals surface area contributed by atoms with Gasteiger partial charge in [-0.1, -0.05) is 18.2 Å². The van der Waals surface area contributed by atoms with Crippen molar-refractivity contribution in [1.82, 2.24) is 0 Å². The minimum absolute atomic E-state index is 0.0788. The van der Waals surface area contributed by atoms with Crippen LogP contribution in [0.4, 0.5) is 10.1 Å². The van der Waals surface area contributed by atoms with Crippen LogP contribution >= 0.6 is 0 Å². The highest BCUT2D eigenvalue weighted by Gasteiger charge is 2.16. The van der Waals surface area contributed by atoms with Crippen molar-refractivity contribution in [2.75, 3.05) is 5.32 Å². The molecule has 0 saturated carbocycles. The summed E-state index contributed by atoms with van der Waals surface area (Å²) in [6.45, 7) is 2.85. The van der Waals surface area contributed by atoms with Gasteiger partial charge >= 0.3 is 0 Å². The lowest BCUT2D eigenvalue weighted by atomic mass is 10.1. The van der Waals surface area contributed by atoms with Gasteiger partial charge in [-0.15, -0.1) is 0 Å². The average Bonchev–Trinajstić information content (AvgIpc) is 2.40. The van der Waals surface area contributed by atoms with Crippen molar-refractivity contribution in [2.45, 2.75) is 20.0 Å². The van der Waals surface area contributed by atoms with Crippen LogP contribution in [-0.2, 0) is 4.79 Å². The number of hydrogen-bond acceptors (Lipinski definition) is 3. The molecule has 0 aromatic heterocycles. The number of carbonyl (C=O) groups is 1. The fourth-order valence-electron chi connectivity index (χ4n) is 1.98. The molecule has 1 amide bonds. The van der Waals surface area contributed by atoms with E-state index in [4.69, 9.17) is 4.74 Å². The second kappa shape index (κ2) is 6.37. The average molecular weight is 289 g/mol. The zero-order valence-electron chi connectivity index (χ0n) is 11.8. The molecule has 2 aromatic rings. The lowest BCUT2D eigenvalue weighted by Gasteiger charge is -2.16. The Morgan fingerprint density at radius 1 is 1.19 bits per heavy atom. The minimum Gasteiger partial charge on any atom is -0.455 e. The first-order chi connectivity index (χ1) is 9.99. The monoisotopic (exact) mass is 289 g/mol. The molecule has 0 bridgehead atoms. The van der Waals surface area contributed by atoms with Crippen LogP contribution in [0.25, 0.3) is 0 Å². The van der Waals surface area contributed by atoms with Crippen LogP contribution in [0.5, 0.6) is 11.5 Å². The van der Waals surface area contributed by atoms with Crippen molar-refractivity contribution < 1.29 is 19.0 Å². The summed E-state index contributed by atoms with van der Waals surface area (Å²) in [6, 6.07) is 11.1. The van der Waals surface area contributed by atoms with E-state index < -0.39 is 11.9 Å². The van der Waals surface area contributed by atoms with Gasteiger partial charge in [0.05, 0.1) is 17.4 Å². The molecular weight excluding hydrogens is 273 g/mol. The van der Waals surface area contributed by atoms with Gasteiger partial charge in [0.2, 0.25) is 5.91 Å². The molecule has 2 N–H and O–H groups in total. The molecule has 0 aliphatic carbocycles. The molecule has 0 heterocycles. The van der Waals surface area contributed by atoms with E-state index in [1.165, 1.54) is 26.0 Å². The van der Waals surface area contributed by atoms with Gasteiger partial charge in [-0.2, -0.15) is 0 Å². The van der Waals surface area contributed by atoms with Gasteiger partial charge in [0.1, 0.15) is 11.6 Å². The second-order valence-electron chi connectivity index (χ2n) is 4.61. The van der Waals surface area contributed by atoms with Gasteiger partial charge in [-0.3, -0.25) is 4.79 Å². The van der Waals surface area contributed by atoms with E-state index in [0.717, 1.165) is 0 Å². The van der Waals surface area contributed by atoms with Crippen molar-refractivity contribution in [2.24, 2.45) is 0 Å². The van der Waals surface area contributed by atoms with Gasteiger partial charge in [-0.05, 0) is 31.2 Å². The first kappa shape index (κ1) is 15.0. The molecule has 5 heteroatoms. The topological polar surface area (TPSA) is 58.6 Å². The van der Waals surface area contributed by atoms with Crippen LogP contribution in [-0.4, -0.2) is 11.0 Å². The van der Waals surface area contributed by atoms with Crippen LogP contribution in [0.1, 0.15) is 25.5 Å². The van der Waals surface area contributed by atoms with E-state index in [-0.39, 0.29) is 17.2 Å². The molecule has 110 valence electrons. The van der Waals surface area contributed by atoms with Crippen LogP contribution in [0.2, 0.25) is 0 Å². The summed E-state index contributed by atoms with van der Waals surface area (Å²) >= 11 is 0. The van der Waals surface area contributed by atoms with Crippen molar-refractivity contribution in [3.8, 4) is 11.5 Å². The molecule has 0 spiro atoms. The summed E-state index contributed by atoms with van der Waals surface area (Å²) in [6.07, 6.45) is -1.01. The van der Waals surface area contributed by atoms with E-state index in [2.05, 4.69) is 5.32 Å². The number of para-hydroxylation sites is 2. The molecule has 2 rings (SSSR count). The van der Waals surface area contributed by atoms with Gasteiger partial charge in [-0.25, -0.2) is 4.39 Å². The molecule has 0 unspecified atom stereocenters. The first-order valence-corrected chi connectivity index (χ1v) is 6.50. The zero-order chi connectivity index (χ0) is 15.4. The van der Waals surface area contributed by atoms with Crippen molar-refractivity contribution >= 4 is 11.6 Å². The third-order valence-electron chi connectivity index (χ3n) is 2.85. The predicted molar refractivity (Wildman–Crippen MR) is 77.9 cm³/mol. The van der Waals surface area contributed by atoms with Crippen molar-refractivity contribution in [3.63, 3.8) is 0 Å². The highest BCUT2D eigenvalue weighted by Crippen LogP contribution is 2.34. The number of hydrogen-bond donors (Lipinski definition) is 2. The lowest BCUT2D eigenvalue weighted by molar-refractivity contribution is -0.114. The van der Waals surface area contributed by atoms with Crippen LogP contribution in [0, 0.1) is 5.82 Å². The van der Waals surface area contributed by atoms with E-state index in [9.17, 15) is 14.3 Å². The standard InChI is InChI=1S/C16H16FNO3/c1-10(19)16-12(17)6-5-9-15(16)21-14-8-4-3-7-13(14)18-11(2)20/h3-10,19H,1-2H3,(H,18,20)/t10-/m0/s1. The number of rotatable bonds is 4. The number of aliphatic hydroxyl groups is 1. The molecule has 21 heavy (non-hydrogen) atoms. The van der Waals surface area contributed by atoms with E-state index in [1.807, 2.05) is 0 Å². The number of ether oxygens (including phenoxy) is 1. The molecule has 1 atom stereocenters. The Morgan fingerprint density at radius 2 is 1.86 bits per heavy atom. The van der Waals surface area contributed by atoms with Crippen molar-refractivity contribution in [1.29, 1.82) is 0 Å². The summed E-state index contributed by atoms with van der Waals surface area (Å²) in [5.74, 6) is -0.191. The number of amides is 1. The van der Waals surface area contributed by atoms with E-state index in [1.54, 1.807) is 30.3 Å². The van der Waals surface area contributed by atoms with Gasteiger partial charge in [0.15, 0.2) is 5.75 Å². The largest absolute Gasteiger partial charge is 0.455 e. The second-order valence-corrected chi connectivity index (χ2v) is 4.61. The maximum Gasteiger partial charge on any atom is 0.221 e. The SMILES string of the molecule is CC(=O)Nc1ccccc1Oc1cccc(F)c1[C@H](C)O. The summed E-state index contributed by atoms with van der Waals surface area (Å²) in [5, 5.41) is 12.3.